The van der Waals surface area contributed by atoms with Crippen LogP contribution in [0, 0.1) is 0 Å². The zero-order chi connectivity index (χ0) is 16.2. The van der Waals surface area contributed by atoms with E-state index in [1.54, 1.807) is 10.9 Å². The van der Waals surface area contributed by atoms with Crippen molar-refractivity contribution in [2.45, 2.75) is 12.8 Å². The Hall–Kier alpha value is -3.16. The molecule has 1 aromatic heterocycles. The Balaban J connectivity index is 1.53. The maximum Gasteiger partial charge on any atom is 0.343 e. The average molecular weight is 313 g/mol. The molecule has 8 nitrogen and oxygen atoms in total. The van der Waals surface area contributed by atoms with E-state index in [1.807, 2.05) is 36.5 Å². The molecule has 1 saturated heterocycles. The molecule has 118 valence electrons. The Morgan fingerprint density at radius 2 is 2.04 bits per heavy atom. The minimum absolute atomic E-state index is 0.156. The predicted octanol–water partition coefficient (Wildman–Crippen LogP) is 0.388. The predicted molar refractivity (Wildman–Crippen MR) is 80.3 cm³/mol. The molecule has 3 rings (SSSR count). The highest BCUT2D eigenvalue weighted by Crippen LogP contribution is 2.09. The van der Waals surface area contributed by atoms with Crippen LogP contribution in [0.15, 0.2) is 42.7 Å². The topological polar surface area (TPSA) is 96.3 Å². The van der Waals surface area contributed by atoms with E-state index >= 15 is 0 Å². The van der Waals surface area contributed by atoms with Crippen LogP contribution in [-0.4, -0.2) is 39.2 Å². The number of urea groups is 1. The number of carbonyl (C=O) groups excluding carboxylic acids is 3. The number of carbonyl (C=O) groups is 3. The summed E-state index contributed by atoms with van der Waals surface area (Å²) in [4.78, 5) is 34.2. The van der Waals surface area contributed by atoms with Crippen molar-refractivity contribution in [2.75, 3.05) is 6.54 Å². The van der Waals surface area contributed by atoms with Gasteiger partial charge in [0, 0.05) is 12.6 Å². The molecule has 4 amide bonds. The lowest BCUT2D eigenvalue weighted by molar-refractivity contribution is -0.125. The monoisotopic (exact) mass is 313 g/mol. The molecule has 0 saturated carbocycles. The van der Waals surface area contributed by atoms with Crippen LogP contribution in [0.3, 0.4) is 0 Å². The number of hydrogen-bond acceptors (Lipinski definition) is 4. The maximum atomic E-state index is 11.8. The maximum absolute atomic E-state index is 11.8. The van der Waals surface area contributed by atoms with Crippen molar-refractivity contribution in [1.82, 2.24) is 25.5 Å². The van der Waals surface area contributed by atoms with E-state index in [0.29, 0.717) is 6.42 Å². The van der Waals surface area contributed by atoms with Gasteiger partial charge in [-0.1, -0.05) is 18.2 Å². The number of amides is 4. The van der Waals surface area contributed by atoms with Gasteiger partial charge in [-0.15, -0.1) is 0 Å². The van der Waals surface area contributed by atoms with Gasteiger partial charge in [-0.3, -0.25) is 20.3 Å². The molecule has 1 aliphatic heterocycles. The van der Waals surface area contributed by atoms with Gasteiger partial charge in [-0.2, -0.15) is 5.10 Å². The number of aryl methyl sites for hydroxylation is 1. The third-order valence-electron chi connectivity index (χ3n) is 3.35. The summed E-state index contributed by atoms with van der Waals surface area (Å²) in [5.74, 6) is -0.762. The van der Waals surface area contributed by atoms with Crippen LogP contribution < -0.4 is 10.7 Å². The van der Waals surface area contributed by atoms with Gasteiger partial charge >= 0.3 is 6.03 Å². The summed E-state index contributed by atoms with van der Waals surface area (Å²) >= 11 is 0. The van der Waals surface area contributed by atoms with Gasteiger partial charge in [0.1, 0.15) is 6.54 Å². The quantitative estimate of drug-likeness (QED) is 0.780. The smallest absolute Gasteiger partial charge is 0.275 e. The molecular formula is C15H15N5O3. The zero-order valence-corrected chi connectivity index (χ0v) is 12.2. The van der Waals surface area contributed by atoms with Crippen molar-refractivity contribution < 1.29 is 14.4 Å². The first-order valence-electron chi connectivity index (χ1n) is 7.11. The number of nitrogens with one attached hydrogen (secondary N) is 2. The first kappa shape index (κ1) is 14.8. The minimum atomic E-state index is -0.611. The number of hydrogen-bond donors (Lipinski definition) is 2. The SMILES string of the molecule is O=C1CN(NC(=O)CCc2cnn(-c3ccccc3)c2)C(=O)N1. The molecule has 23 heavy (non-hydrogen) atoms. The van der Waals surface area contributed by atoms with Gasteiger partial charge in [-0.25, -0.2) is 14.5 Å². The van der Waals surface area contributed by atoms with Crippen molar-refractivity contribution >= 4 is 17.8 Å². The molecule has 0 spiro atoms. The van der Waals surface area contributed by atoms with Crippen LogP contribution in [0.25, 0.3) is 5.69 Å². The summed E-state index contributed by atoms with van der Waals surface area (Å²) in [5.41, 5.74) is 4.25. The number of imide groups is 1. The van der Waals surface area contributed by atoms with Crippen molar-refractivity contribution in [2.24, 2.45) is 0 Å². The summed E-state index contributed by atoms with van der Waals surface area (Å²) in [6.45, 7) is -0.156. The first-order valence-corrected chi connectivity index (χ1v) is 7.11. The van der Waals surface area contributed by atoms with Gasteiger partial charge in [0.25, 0.3) is 0 Å². The number of aromatic nitrogens is 2. The molecular weight excluding hydrogens is 298 g/mol. The van der Waals surface area contributed by atoms with Crippen LogP contribution >= 0.6 is 0 Å². The van der Waals surface area contributed by atoms with Crippen LogP contribution in [-0.2, 0) is 16.0 Å². The number of rotatable bonds is 5. The Morgan fingerprint density at radius 3 is 2.74 bits per heavy atom. The minimum Gasteiger partial charge on any atom is -0.275 e. The molecule has 2 N–H and O–H groups in total. The lowest BCUT2D eigenvalue weighted by Gasteiger charge is -2.13. The summed E-state index contributed by atoms with van der Waals surface area (Å²) in [6, 6.07) is 9.04. The standard InChI is InChI=1S/C15H15N5O3/c21-13(18-20-10-14(22)17-15(20)23)7-6-11-8-16-19(9-11)12-4-2-1-3-5-12/h1-5,8-9H,6-7,10H2,(H,18,21)(H,17,22,23). The molecule has 0 unspecified atom stereocenters. The van der Waals surface area contributed by atoms with E-state index in [1.165, 1.54) is 0 Å². The van der Waals surface area contributed by atoms with Gasteiger partial charge in [0.15, 0.2) is 0 Å². The molecule has 0 bridgehead atoms. The van der Waals surface area contributed by atoms with Crippen LogP contribution in [0.2, 0.25) is 0 Å². The molecule has 2 aromatic rings. The highest BCUT2D eigenvalue weighted by Gasteiger charge is 2.27. The van der Waals surface area contributed by atoms with E-state index < -0.39 is 11.9 Å². The average Bonchev–Trinajstić information content (AvgIpc) is 3.13. The number of para-hydroxylation sites is 1. The molecule has 8 heteroatoms. The Morgan fingerprint density at radius 1 is 1.26 bits per heavy atom. The van der Waals surface area contributed by atoms with E-state index in [9.17, 15) is 14.4 Å². The fraction of sp³-hybridized carbons (Fsp3) is 0.200. The Labute approximate surface area is 132 Å². The second-order valence-electron chi connectivity index (χ2n) is 5.10. The number of hydrazine groups is 1. The van der Waals surface area contributed by atoms with Gasteiger partial charge < -0.3 is 0 Å². The van der Waals surface area contributed by atoms with Crippen molar-refractivity contribution in [1.29, 1.82) is 0 Å². The fourth-order valence-electron chi connectivity index (χ4n) is 2.21. The fourth-order valence-corrected chi connectivity index (χ4v) is 2.21. The lowest BCUT2D eigenvalue weighted by atomic mass is 10.2. The summed E-state index contributed by atoms with van der Waals surface area (Å²) < 4.78 is 1.74. The lowest BCUT2D eigenvalue weighted by Crippen LogP contribution is -2.44. The highest BCUT2D eigenvalue weighted by molar-refractivity contribution is 6.02. The third-order valence-corrected chi connectivity index (χ3v) is 3.35. The van der Waals surface area contributed by atoms with Gasteiger partial charge in [0.2, 0.25) is 11.8 Å². The Kier molecular flexibility index (Phi) is 4.05. The third kappa shape index (κ3) is 3.54. The van der Waals surface area contributed by atoms with Crippen LogP contribution in [0.5, 0.6) is 0 Å². The van der Waals surface area contributed by atoms with Crippen molar-refractivity contribution in [3.8, 4) is 5.69 Å². The molecule has 1 aromatic carbocycles. The van der Waals surface area contributed by atoms with E-state index in [0.717, 1.165) is 16.3 Å². The molecule has 0 radical (unpaired) electrons. The molecule has 2 heterocycles. The van der Waals surface area contributed by atoms with Gasteiger partial charge in [0.05, 0.1) is 11.9 Å². The number of benzene rings is 1. The van der Waals surface area contributed by atoms with Crippen molar-refractivity contribution in [3.05, 3.63) is 48.3 Å². The van der Waals surface area contributed by atoms with E-state index in [-0.39, 0.29) is 18.9 Å². The molecule has 1 fully saturated rings. The van der Waals surface area contributed by atoms with Gasteiger partial charge in [-0.05, 0) is 24.1 Å². The summed E-state index contributed by atoms with van der Waals surface area (Å²) in [7, 11) is 0. The largest absolute Gasteiger partial charge is 0.343 e. The zero-order valence-electron chi connectivity index (χ0n) is 12.2. The first-order chi connectivity index (χ1) is 11.1. The van der Waals surface area contributed by atoms with Crippen molar-refractivity contribution in [3.63, 3.8) is 0 Å². The summed E-state index contributed by atoms with van der Waals surface area (Å²) in [5, 5.41) is 7.31. The highest BCUT2D eigenvalue weighted by atomic mass is 16.2. The van der Waals surface area contributed by atoms with Crippen LogP contribution in [0.1, 0.15) is 12.0 Å². The van der Waals surface area contributed by atoms with E-state index in [4.69, 9.17) is 0 Å². The molecule has 0 aliphatic carbocycles. The Bertz CT molecular complexity index is 741. The van der Waals surface area contributed by atoms with Crippen LogP contribution in [0.4, 0.5) is 4.79 Å². The summed E-state index contributed by atoms with van der Waals surface area (Å²) in [6.07, 6.45) is 4.24. The second-order valence-corrected chi connectivity index (χ2v) is 5.10. The molecule has 0 atom stereocenters. The second kappa shape index (κ2) is 6.30. The normalized spacial score (nSPS) is 14.0. The van der Waals surface area contributed by atoms with E-state index in [2.05, 4.69) is 15.8 Å². The number of nitrogens with zero attached hydrogens (tertiary/aromatic N) is 3. The molecule has 1 aliphatic rings.